The van der Waals surface area contributed by atoms with Crippen LogP contribution in [0.25, 0.3) is 0 Å². The number of nitrogens with one attached hydrogen (secondary N) is 1. The number of likely N-dealkylation sites (tertiary alicyclic amines) is 1. The smallest absolute Gasteiger partial charge is 0.337 e. The zero-order valence-electron chi connectivity index (χ0n) is 10.6. The topological polar surface area (TPSA) is 32.3 Å². The fourth-order valence-electron chi connectivity index (χ4n) is 2.27. The van der Waals surface area contributed by atoms with Crippen LogP contribution in [-0.2, 0) is 0 Å². The minimum Gasteiger partial charge on any atom is -0.337 e. The van der Waals surface area contributed by atoms with E-state index in [4.69, 9.17) is 0 Å². The highest BCUT2D eigenvalue weighted by Gasteiger charge is 2.28. The maximum Gasteiger partial charge on any atom is 0.441 e. The average molecular weight is 284 g/mol. The molecule has 1 N–H and O–H groups in total. The van der Waals surface area contributed by atoms with Crippen molar-refractivity contribution in [2.45, 2.75) is 25.8 Å². The molecule has 7 heteroatoms. The molecule has 2 unspecified atom stereocenters. The van der Waals surface area contributed by atoms with Gasteiger partial charge in [-0.25, -0.2) is 4.79 Å². The lowest BCUT2D eigenvalue weighted by molar-refractivity contribution is -0.0327. The number of piperidine rings is 1. The number of amides is 2. The van der Waals surface area contributed by atoms with Crippen LogP contribution in [0.2, 0.25) is 0 Å². The van der Waals surface area contributed by atoms with Gasteiger partial charge in [-0.15, -0.1) is 0 Å². The maximum atomic E-state index is 11.9. The second kappa shape index (κ2) is 6.54. The zero-order valence-corrected chi connectivity index (χ0v) is 11.4. The highest BCUT2D eigenvalue weighted by molar-refractivity contribution is 8.00. The number of hydrogen-bond acceptors (Lipinski definition) is 2. The van der Waals surface area contributed by atoms with Crippen molar-refractivity contribution < 1.29 is 18.0 Å². The first-order valence-electron chi connectivity index (χ1n) is 6.01. The summed E-state index contributed by atoms with van der Waals surface area (Å²) < 4.78 is 35.6. The summed E-state index contributed by atoms with van der Waals surface area (Å²) in [6.45, 7) is 5.57. The van der Waals surface area contributed by atoms with Crippen LogP contribution in [0.1, 0.15) is 20.3 Å². The predicted molar refractivity (Wildman–Crippen MR) is 66.4 cm³/mol. The van der Waals surface area contributed by atoms with Gasteiger partial charge in [0.25, 0.3) is 0 Å². The van der Waals surface area contributed by atoms with Crippen molar-refractivity contribution in [3.63, 3.8) is 0 Å². The molecule has 0 aromatic rings. The molecule has 106 valence electrons. The molecule has 1 heterocycles. The molecule has 0 saturated carbocycles. The van der Waals surface area contributed by atoms with Crippen LogP contribution in [0.4, 0.5) is 18.0 Å². The van der Waals surface area contributed by atoms with Gasteiger partial charge in [0.15, 0.2) is 0 Å². The monoisotopic (exact) mass is 284 g/mol. The maximum absolute atomic E-state index is 11.9. The van der Waals surface area contributed by atoms with Gasteiger partial charge in [-0.2, -0.15) is 13.2 Å². The molecular formula is C11H19F3N2OS. The summed E-state index contributed by atoms with van der Waals surface area (Å²) in [5, 5.41) is 2.53. The van der Waals surface area contributed by atoms with E-state index in [2.05, 4.69) is 19.2 Å². The fourth-order valence-corrected chi connectivity index (χ4v) is 2.70. The third-order valence-corrected chi connectivity index (χ3v) is 3.54. The lowest BCUT2D eigenvalue weighted by Gasteiger charge is -2.34. The van der Waals surface area contributed by atoms with Gasteiger partial charge in [0, 0.05) is 25.4 Å². The minimum atomic E-state index is -4.22. The zero-order chi connectivity index (χ0) is 13.8. The van der Waals surface area contributed by atoms with Crippen LogP contribution >= 0.6 is 11.8 Å². The van der Waals surface area contributed by atoms with Crippen LogP contribution in [0, 0.1) is 11.8 Å². The van der Waals surface area contributed by atoms with Crippen molar-refractivity contribution in [1.29, 1.82) is 0 Å². The second-order valence-corrected chi connectivity index (χ2v) is 6.04. The first kappa shape index (κ1) is 15.5. The summed E-state index contributed by atoms with van der Waals surface area (Å²) in [4.78, 5) is 13.4. The first-order chi connectivity index (χ1) is 8.28. The summed E-state index contributed by atoms with van der Waals surface area (Å²) in [6.07, 6.45) is 1.09. The van der Waals surface area contributed by atoms with Crippen molar-refractivity contribution in [3.8, 4) is 0 Å². The summed E-state index contributed by atoms with van der Waals surface area (Å²) in [6, 6.07) is -0.254. The Morgan fingerprint density at radius 3 is 2.39 bits per heavy atom. The second-order valence-electron chi connectivity index (χ2n) is 4.88. The quantitative estimate of drug-likeness (QED) is 0.808. The van der Waals surface area contributed by atoms with Crippen LogP contribution in [0.15, 0.2) is 0 Å². The SMILES string of the molecule is CC1CC(C)CN(C(=O)NCCSC(F)(F)F)C1. The molecule has 0 bridgehead atoms. The minimum absolute atomic E-state index is 0.0439. The van der Waals surface area contributed by atoms with Gasteiger partial charge in [0.05, 0.1) is 0 Å². The van der Waals surface area contributed by atoms with E-state index in [1.807, 2.05) is 0 Å². The molecule has 1 fully saturated rings. The Bertz CT molecular complexity index is 276. The van der Waals surface area contributed by atoms with Crippen molar-refractivity contribution >= 4 is 17.8 Å². The van der Waals surface area contributed by atoms with Crippen LogP contribution in [-0.4, -0.2) is 41.8 Å². The first-order valence-corrected chi connectivity index (χ1v) is 7.00. The molecule has 0 aromatic carbocycles. The van der Waals surface area contributed by atoms with E-state index in [0.29, 0.717) is 24.9 Å². The van der Waals surface area contributed by atoms with Crippen LogP contribution in [0.3, 0.4) is 0 Å². The van der Waals surface area contributed by atoms with E-state index in [1.54, 1.807) is 4.90 Å². The Morgan fingerprint density at radius 1 is 1.33 bits per heavy atom. The van der Waals surface area contributed by atoms with E-state index in [1.165, 1.54) is 0 Å². The van der Waals surface area contributed by atoms with Gasteiger partial charge in [-0.1, -0.05) is 13.8 Å². The molecule has 0 spiro atoms. The fraction of sp³-hybridized carbons (Fsp3) is 0.909. The normalized spacial score (nSPS) is 25.1. The molecule has 0 radical (unpaired) electrons. The van der Waals surface area contributed by atoms with E-state index in [9.17, 15) is 18.0 Å². The molecule has 2 atom stereocenters. The lowest BCUT2D eigenvalue weighted by atomic mass is 9.92. The lowest BCUT2D eigenvalue weighted by Crippen LogP contribution is -2.47. The predicted octanol–water partition coefficient (Wildman–Crippen LogP) is 2.93. The Labute approximate surface area is 109 Å². The Balaban J connectivity index is 2.24. The highest BCUT2D eigenvalue weighted by atomic mass is 32.2. The van der Waals surface area contributed by atoms with Crippen molar-refractivity contribution in [2.24, 2.45) is 11.8 Å². The van der Waals surface area contributed by atoms with Crippen molar-refractivity contribution in [3.05, 3.63) is 0 Å². The van der Waals surface area contributed by atoms with Gasteiger partial charge in [-0.3, -0.25) is 0 Å². The van der Waals surface area contributed by atoms with Gasteiger partial charge < -0.3 is 10.2 Å². The Morgan fingerprint density at radius 2 is 1.89 bits per heavy atom. The number of thioether (sulfide) groups is 1. The highest BCUT2D eigenvalue weighted by Crippen LogP contribution is 2.29. The number of nitrogens with zero attached hydrogens (tertiary/aromatic N) is 1. The van der Waals surface area contributed by atoms with Crippen LogP contribution < -0.4 is 5.32 Å². The number of alkyl halides is 3. The third-order valence-electron chi connectivity index (χ3n) is 2.80. The molecule has 1 saturated heterocycles. The molecule has 1 aliphatic heterocycles. The number of rotatable bonds is 3. The Hall–Kier alpha value is -0.590. The number of urea groups is 1. The summed E-state index contributed by atoms with van der Waals surface area (Å²) >= 11 is -0.110. The van der Waals surface area contributed by atoms with Gasteiger partial charge in [0.2, 0.25) is 0 Å². The largest absolute Gasteiger partial charge is 0.441 e. The van der Waals surface area contributed by atoms with E-state index in [-0.39, 0.29) is 30.1 Å². The molecule has 18 heavy (non-hydrogen) atoms. The number of carbonyl (C=O) groups is 1. The summed E-state index contributed by atoms with van der Waals surface area (Å²) in [5.74, 6) is 0.752. The molecule has 1 rings (SSSR count). The van der Waals surface area contributed by atoms with Gasteiger partial charge in [0.1, 0.15) is 0 Å². The molecule has 2 amide bonds. The number of carbonyl (C=O) groups excluding carboxylic acids is 1. The summed E-state index contributed by atoms with van der Waals surface area (Å²) in [7, 11) is 0. The molecular weight excluding hydrogens is 265 g/mol. The standard InChI is InChI=1S/C11H19F3N2OS/c1-8-5-9(2)7-16(6-8)10(17)15-3-4-18-11(12,13)14/h8-9H,3-7H2,1-2H3,(H,15,17). The van der Waals surface area contributed by atoms with Gasteiger partial charge >= 0.3 is 11.5 Å². The van der Waals surface area contributed by atoms with E-state index in [0.717, 1.165) is 6.42 Å². The van der Waals surface area contributed by atoms with Crippen LogP contribution in [0.5, 0.6) is 0 Å². The Kier molecular flexibility index (Phi) is 5.62. The molecule has 3 nitrogen and oxygen atoms in total. The molecule has 0 aromatic heterocycles. The van der Waals surface area contributed by atoms with Crippen molar-refractivity contribution in [1.82, 2.24) is 10.2 Å². The van der Waals surface area contributed by atoms with Gasteiger partial charge in [-0.05, 0) is 30.0 Å². The molecule has 0 aliphatic carbocycles. The molecule has 1 aliphatic rings. The third kappa shape index (κ3) is 5.84. The number of hydrogen-bond donors (Lipinski definition) is 1. The number of halogens is 3. The van der Waals surface area contributed by atoms with Crippen molar-refractivity contribution in [2.75, 3.05) is 25.4 Å². The summed E-state index contributed by atoms with van der Waals surface area (Å²) in [5.41, 5.74) is -4.22. The average Bonchev–Trinajstić information content (AvgIpc) is 2.21. The van der Waals surface area contributed by atoms with E-state index < -0.39 is 5.51 Å². The van der Waals surface area contributed by atoms with E-state index >= 15 is 0 Å².